The summed E-state index contributed by atoms with van der Waals surface area (Å²) in [5.74, 6) is -0.244. The lowest BCUT2D eigenvalue weighted by molar-refractivity contribution is -0.161. The maximum Gasteiger partial charge on any atom is 0.276 e. The van der Waals surface area contributed by atoms with Crippen LogP contribution in [0.25, 0.3) is 0 Å². The average Bonchev–Trinajstić information content (AvgIpc) is 3.41. The molecule has 2 unspecified atom stereocenters. The van der Waals surface area contributed by atoms with Gasteiger partial charge in [-0.1, -0.05) is 11.6 Å². The molecule has 1 aromatic rings. The van der Waals surface area contributed by atoms with Crippen LogP contribution in [0.5, 0.6) is 0 Å². The van der Waals surface area contributed by atoms with Crippen molar-refractivity contribution in [2.45, 2.75) is 62.8 Å². The first-order chi connectivity index (χ1) is 13.4. The number of likely N-dealkylation sites (tertiary alicyclic amines) is 2. The van der Waals surface area contributed by atoms with Crippen LogP contribution in [0.2, 0.25) is 0 Å². The predicted octanol–water partition coefficient (Wildman–Crippen LogP) is 0.216. The van der Waals surface area contributed by atoms with Gasteiger partial charge in [-0.15, -0.1) is 5.10 Å². The van der Waals surface area contributed by atoms with Crippen molar-refractivity contribution in [3.8, 4) is 0 Å². The zero-order valence-corrected chi connectivity index (χ0v) is 16.2. The highest BCUT2D eigenvalue weighted by Gasteiger charge is 2.53. The maximum absolute atomic E-state index is 12.9. The van der Waals surface area contributed by atoms with E-state index in [9.17, 15) is 14.7 Å². The van der Waals surface area contributed by atoms with E-state index in [1.165, 1.54) is 0 Å². The molecule has 0 radical (unpaired) electrons. The van der Waals surface area contributed by atoms with Crippen LogP contribution in [0.15, 0.2) is 6.20 Å². The summed E-state index contributed by atoms with van der Waals surface area (Å²) in [7, 11) is 0. The molecule has 2 amide bonds. The Morgan fingerprint density at radius 1 is 1.18 bits per heavy atom. The topological polar surface area (TPSA) is 101 Å². The van der Waals surface area contributed by atoms with Gasteiger partial charge in [-0.2, -0.15) is 0 Å². The standard InChI is InChI=1S/C19H27N5O4/c1-19(27,12-3-2-4-12)18(26)23-9-14-7-15(23)8-22(14)17(25)16-10-24(21-20-16)13-5-6-28-11-13/h10,12-15,27H,2-9,11H2,1H3/t13?,14-,15-,19?/m0/s1. The lowest BCUT2D eigenvalue weighted by Crippen LogP contribution is -2.58. The van der Waals surface area contributed by atoms with Crippen LogP contribution in [0, 0.1) is 5.92 Å². The number of rotatable bonds is 4. The van der Waals surface area contributed by atoms with E-state index in [0.29, 0.717) is 32.0 Å². The van der Waals surface area contributed by atoms with E-state index >= 15 is 0 Å². The summed E-state index contributed by atoms with van der Waals surface area (Å²) in [5.41, 5.74) is -0.942. The quantitative estimate of drug-likeness (QED) is 0.790. The van der Waals surface area contributed by atoms with Gasteiger partial charge < -0.3 is 19.6 Å². The number of piperazine rings is 1. The largest absolute Gasteiger partial charge is 0.380 e. The summed E-state index contributed by atoms with van der Waals surface area (Å²) in [6.45, 7) is 3.94. The number of aromatic nitrogens is 3. The predicted molar refractivity (Wildman–Crippen MR) is 97.4 cm³/mol. The van der Waals surface area contributed by atoms with E-state index in [-0.39, 0.29) is 35.9 Å². The van der Waals surface area contributed by atoms with Gasteiger partial charge in [0.1, 0.15) is 5.60 Å². The number of carbonyl (C=O) groups is 2. The number of amides is 2. The van der Waals surface area contributed by atoms with Crippen LogP contribution < -0.4 is 0 Å². The van der Waals surface area contributed by atoms with Crippen molar-refractivity contribution in [1.82, 2.24) is 24.8 Å². The van der Waals surface area contributed by atoms with Gasteiger partial charge >= 0.3 is 0 Å². The molecule has 1 saturated carbocycles. The zero-order valence-electron chi connectivity index (χ0n) is 16.2. The molecule has 1 aliphatic carbocycles. The van der Waals surface area contributed by atoms with Crippen LogP contribution in [-0.4, -0.2) is 85.7 Å². The molecule has 0 spiro atoms. The van der Waals surface area contributed by atoms with Gasteiger partial charge in [0.25, 0.3) is 11.8 Å². The summed E-state index contributed by atoms with van der Waals surface area (Å²) < 4.78 is 7.09. The molecule has 2 bridgehead atoms. The van der Waals surface area contributed by atoms with E-state index < -0.39 is 5.60 Å². The Hall–Kier alpha value is -2.00. The van der Waals surface area contributed by atoms with Crippen molar-refractivity contribution in [3.05, 3.63) is 11.9 Å². The Morgan fingerprint density at radius 3 is 2.54 bits per heavy atom. The second-order valence-corrected chi connectivity index (χ2v) is 8.83. The first-order valence-corrected chi connectivity index (χ1v) is 10.3. The Labute approximate surface area is 163 Å². The van der Waals surface area contributed by atoms with E-state index in [2.05, 4.69) is 10.3 Å². The Kier molecular flexibility index (Phi) is 4.20. The fourth-order valence-electron chi connectivity index (χ4n) is 5.03. The molecular weight excluding hydrogens is 362 g/mol. The minimum absolute atomic E-state index is 0.0152. The molecule has 3 saturated heterocycles. The van der Waals surface area contributed by atoms with Gasteiger partial charge in [0, 0.05) is 19.7 Å². The molecule has 1 N–H and O–H groups in total. The fourth-order valence-corrected chi connectivity index (χ4v) is 5.03. The molecule has 4 fully saturated rings. The number of aliphatic hydroxyl groups is 1. The lowest BCUT2D eigenvalue weighted by Gasteiger charge is -2.42. The lowest BCUT2D eigenvalue weighted by atomic mass is 9.73. The first-order valence-electron chi connectivity index (χ1n) is 10.3. The number of carbonyl (C=O) groups excluding carboxylic acids is 2. The second-order valence-electron chi connectivity index (χ2n) is 8.83. The van der Waals surface area contributed by atoms with Gasteiger partial charge in [0.05, 0.1) is 30.9 Å². The molecule has 4 aliphatic rings. The van der Waals surface area contributed by atoms with Crippen molar-refractivity contribution < 1.29 is 19.4 Å². The van der Waals surface area contributed by atoms with Crippen LogP contribution in [-0.2, 0) is 9.53 Å². The number of hydrogen-bond donors (Lipinski definition) is 1. The third kappa shape index (κ3) is 2.75. The van der Waals surface area contributed by atoms with Crippen molar-refractivity contribution in [2.75, 3.05) is 26.3 Å². The number of ether oxygens (including phenoxy) is 1. The molecule has 4 heterocycles. The van der Waals surface area contributed by atoms with Gasteiger partial charge in [0.15, 0.2) is 5.69 Å². The van der Waals surface area contributed by atoms with Gasteiger partial charge in [0.2, 0.25) is 0 Å². The maximum atomic E-state index is 12.9. The minimum Gasteiger partial charge on any atom is -0.380 e. The molecule has 28 heavy (non-hydrogen) atoms. The highest BCUT2D eigenvalue weighted by molar-refractivity contribution is 5.93. The molecule has 4 atom stereocenters. The number of fused-ring (bicyclic) bond motifs is 2. The third-order valence-corrected chi connectivity index (χ3v) is 7.10. The summed E-state index contributed by atoms with van der Waals surface area (Å²) in [6.07, 6.45) is 6.25. The van der Waals surface area contributed by atoms with Gasteiger partial charge in [-0.3, -0.25) is 9.59 Å². The van der Waals surface area contributed by atoms with Crippen LogP contribution in [0.4, 0.5) is 0 Å². The smallest absolute Gasteiger partial charge is 0.276 e. The molecule has 3 aliphatic heterocycles. The Morgan fingerprint density at radius 2 is 1.93 bits per heavy atom. The van der Waals surface area contributed by atoms with E-state index in [0.717, 1.165) is 32.1 Å². The van der Waals surface area contributed by atoms with Crippen molar-refractivity contribution in [3.63, 3.8) is 0 Å². The molecular formula is C19H27N5O4. The molecule has 0 aromatic carbocycles. The molecule has 9 heteroatoms. The van der Waals surface area contributed by atoms with Crippen LogP contribution in [0.3, 0.4) is 0 Å². The highest BCUT2D eigenvalue weighted by Crippen LogP contribution is 2.40. The van der Waals surface area contributed by atoms with Crippen LogP contribution in [0.1, 0.15) is 55.6 Å². The molecule has 152 valence electrons. The summed E-state index contributed by atoms with van der Waals surface area (Å²) in [6, 6.07) is 0.107. The van der Waals surface area contributed by atoms with E-state index in [1.807, 2.05) is 4.90 Å². The SMILES string of the molecule is CC(O)(C(=O)N1C[C@@H]2C[C@H]1CN2C(=O)c1cn(C2CCOC2)nn1)C1CCC1. The summed E-state index contributed by atoms with van der Waals surface area (Å²) in [5, 5.41) is 18.9. The molecule has 9 nitrogen and oxygen atoms in total. The third-order valence-electron chi connectivity index (χ3n) is 7.10. The zero-order chi connectivity index (χ0) is 19.5. The summed E-state index contributed by atoms with van der Waals surface area (Å²) >= 11 is 0. The van der Waals surface area contributed by atoms with Crippen LogP contribution >= 0.6 is 0 Å². The number of nitrogens with zero attached hydrogens (tertiary/aromatic N) is 5. The van der Waals surface area contributed by atoms with E-state index in [4.69, 9.17) is 4.74 Å². The first kappa shape index (κ1) is 18.1. The Balaban J connectivity index is 1.24. The second kappa shape index (κ2) is 6.52. The summed E-state index contributed by atoms with van der Waals surface area (Å²) in [4.78, 5) is 29.5. The number of hydrogen-bond acceptors (Lipinski definition) is 6. The van der Waals surface area contributed by atoms with Gasteiger partial charge in [-0.05, 0) is 38.5 Å². The molecule has 1 aromatic heterocycles. The minimum atomic E-state index is -1.29. The fraction of sp³-hybridized carbons (Fsp3) is 0.789. The van der Waals surface area contributed by atoms with Gasteiger partial charge in [-0.25, -0.2) is 4.68 Å². The van der Waals surface area contributed by atoms with Crippen molar-refractivity contribution in [1.29, 1.82) is 0 Å². The van der Waals surface area contributed by atoms with E-state index in [1.54, 1.807) is 22.7 Å². The van der Waals surface area contributed by atoms with Crippen molar-refractivity contribution >= 4 is 11.8 Å². The normalized spacial score (nSPS) is 31.9. The average molecular weight is 389 g/mol. The Bertz CT molecular complexity index is 783. The monoisotopic (exact) mass is 389 g/mol. The van der Waals surface area contributed by atoms with Crippen molar-refractivity contribution in [2.24, 2.45) is 5.92 Å². The molecule has 5 rings (SSSR count). The highest BCUT2D eigenvalue weighted by atomic mass is 16.5.